The van der Waals surface area contributed by atoms with Crippen LogP contribution in [0.3, 0.4) is 0 Å². The quantitative estimate of drug-likeness (QED) is 0.152. The molecule has 1 unspecified atom stereocenters. The van der Waals surface area contributed by atoms with Gasteiger partial charge in [0.25, 0.3) is 0 Å². The van der Waals surface area contributed by atoms with Gasteiger partial charge in [0.05, 0.1) is 0 Å². The van der Waals surface area contributed by atoms with E-state index in [9.17, 15) is 19.8 Å². The number of esters is 1. The van der Waals surface area contributed by atoms with Crippen LogP contribution in [0.15, 0.2) is 0 Å². The maximum atomic E-state index is 13.0. The van der Waals surface area contributed by atoms with Crippen LogP contribution < -0.4 is 0 Å². The van der Waals surface area contributed by atoms with Gasteiger partial charge in [-0.05, 0) is 158 Å². The fraction of sp³-hybridized carbons (Fsp3) is 0.810. The zero-order valence-electron chi connectivity index (χ0n) is 34.4. The predicted octanol–water partition coefficient (Wildman–Crippen LogP) is 9.37. The first kappa shape index (κ1) is 41.5. The van der Waals surface area contributed by atoms with Gasteiger partial charge in [-0.2, -0.15) is 0 Å². The van der Waals surface area contributed by atoms with Crippen LogP contribution in [0.25, 0.3) is 0 Å². The molecule has 1 atom stereocenters. The molecule has 1 aromatic carbocycles. The van der Waals surface area contributed by atoms with E-state index in [2.05, 4.69) is 128 Å². The minimum atomic E-state index is -1.57. The number of hydrogen-bond acceptors (Lipinski definition) is 6. The third-order valence-electron chi connectivity index (χ3n) is 12.2. The first-order chi connectivity index (χ1) is 22.0. The number of carbonyl (C=O) groups excluding carboxylic acids is 1. The van der Waals surface area contributed by atoms with Crippen LogP contribution in [0, 0.1) is 0 Å². The van der Waals surface area contributed by atoms with Gasteiger partial charge in [0, 0.05) is 27.7 Å². The second-order valence-corrected chi connectivity index (χ2v) is 20.1. The van der Waals surface area contributed by atoms with Gasteiger partial charge < -0.3 is 14.9 Å². The summed E-state index contributed by atoms with van der Waals surface area (Å²) in [6.07, 6.45) is 4.06. The molecule has 2 fully saturated rings. The molecule has 2 aliphatic rings. The molecule has 2 heterocycles. The SMILES string of the molecule is CCCCc1c(C(O)OC(=O)CC(=O)O)c(C2CC(C)(C)N(C)C(C)(C)C2)c(C(C)(C)C)c(C2CC(C)(C)N(C)C(C)(C)C2)c1C(C)(C)C. The van der Waals surface area contributed by atoms with Crippen LogP contribution in [-0.4, -0.2) is 68.2 Å². The van der Waals surface area contributed by atoms with E-state index in [1.807, 2.05) is 0 Å². The Labute approximate surface area is 299 Å². The van der Waals surface area contributed by atoms with Gasteiger partial charge in [0.1, 0.15) is 6.42 Å². The number of unbranched alkanes of at least 4 members (excludes halogenated alkanes) is 1. The van der Waals surface area contributed by atoms with E-state index in [0.29, 0.717) is 5.56 Å². The third kappa shape index (κ3) is 8.58. The first-order valence-corrected chi connectivity index (χ1v) is 18.8. The van der Waals surface area contributed by atoms with Crippen molar-refractivity contribution in [3.8, 4) is 0 Å². The Bertz CT molecular complexity index is 1360. The van der Waals surface area contributed by atoms with E-state index in [-0.39, 0.29) is 44.8 Å². The molecule has 7 nitrogen and oxygen atoms in total. The Balaban J connectivity index is 2.67. The Morgan fingerprint density at radius 3 is 1.49 bits per heavy atom. The molecule has 0 bridgehead atoms. The molecule has 280 valence electrons. The number of carbonyl (C=O) groups is 2. The van der Waals surface area contributed by atoms with Crippen molar-refractivity contribution >= 4 is 11.9 Å². The highest BCUT2D eigenvalue weighted by atomic mass is 16.6. The van der Waals surface area contributed by atoms with E-state index in [4.69, 9.17) is 4.74 Å². The largest absolute Gasteiger partial charge is 0.481 e. The molecule has 3 rings (SSSR count). The summed E-state index contributed by atoms with van der Waals surface area (Å²) in [5.74, 6) is -1.83. The average Bonchev–Trinajstić information content (AvgIpc) is 2.89. The molecule has 49 heavy (non-hydrogen) atoms. The Morgan fingerprint density at radius 1 is 0.755 bits per heavy atom. The molecule has 0 saturated carbocycles. The summed E-state index contributed by atoms with van der Waals surface area (Å²) in [6.45, 7) is 34.7. The normalized spacial score (nSPS) is 22.6. The molecule has 0 aromatic heterocycles. The number of aliphatic hydroxyl groups excluding tert-OH is 1. The van der Waals surface area contributed by atoms with Crippen molar-refractivity contribution in [3.63, 3.8) is 0 Å². The molecule has 2 aliphatic heterocycles. The van der Waals surface area contributed by atoms with E-state index in [0.717, 1.165) is 56.1 Å². The van der Waals surface area contributed by atoms with Gasteiger partial charge in [-0.1, -0.05) is 54.9 Å². The van der Waals surface area contributed by atoms with Crippen LogP contribution in [0.1, 0.15) is 200 Å². The van der Waals surface area contributed by atoms with Crippen molar-refractivity contribution < 1.29 is 24.5 Å². The van der Waals surface area contributed by atoms with Crippen LogP contribution in [-0.2, 0) is 31.6 Å². The number of carboxylic acid groups (broad SMARTS) is 1. The van der Waals surface area contributed by atoms with Gasteiger partial charge in [-0.3, -0.25) is 19.4 Å². The van der Waals surface area contributed by atoms with Crippen molar-refractivity contribution in [1.29, 1.82) is 0 Å². The van der Waals surface area contributed by atoms with E-state index >= 15 is 0 Å². The molecule has 2 saturated heterocycles. The fourth-order valence-electron chi connectivity index (χ4n) is 9.76. The van der Waals surface area contributed by atoms with Crippen LogP contribution in [0.4, 0.5) is 0 Å². The second kappa shape index (κ2) is 13.9. The predicted molar refractivity (Wildman–Crippen MR) is 202 cm³/mol. The summed E-state index contributed by atoms with van der Waals surface area (Å²) in [7, 11) is 4.48. The van der Waals surface area contributed by atoms with Gasteiger partial charge in [0.2, 0.25) is 6.29 Å². The lowest BCUT2D eigenvalue weighted by Crippen LogP contribution is -2.58. The highest BCUT2D eigenvalue weighted by Gasteiger charge is 2.50. The molecule has 1 aromatic rings. The number of benzene rings is 1. The first-order valence-electron chi connectivity index (χ1n) is 18.8. The van der Waals surface area contributed by atoms with Crippen LogP contribution in [0.2, 0.25) is 0 Å². The highest BCUT2D eigenvalue weighted by molar-refractivity contribution is 5.90. The molecular weight excluding hydrogens is 612 g/mol. The smallest absolute Gasteiger partial charge is 0.319 e. The zero-order valence-corrected chi connectivity index (χ0v) is 34.4. The highest BCUT2D eigenvalue weighted by Crippen LogP contribution is 2.56. The number of rotatable bonds is 9. The van der Waals surface area contributed by atoms with Crippen molar-refractivity contribution in [2.45, 2.75) is 206 Å². The molecule has 0 aliphatic carbocycles. The summed E-state index contributed by atoms with van der Waals surface area (Å²) in [6, 6.07) is 0. The lowest BCUT2D eigenvalue weighted by atomic mass is 9.59. The summed E-state index contributed by atoms with van der Waals surface area (Å²) < 4.78 is 5.74. The topological polar surface area (TPSA) is 90.3 Å². The Hall–Kier alpha value is -1.96. The van der Waals surface area contributed by atoms with Crippen molar-refractivity contribution in [3.05, 3.63) is 33.4 Å². The summed E-state index contributed by atoms with van der Waals surface area (Å²) in [4.78, 5) is 29.6. The zero-order chi connectivity index (χ0) is 37.9. The molecule has 7 heteroatoms. The molecular formula is C42H72N2O5. The summed E-state index contributed by atoms with van der Waals surface area (Å²) in [5.41, 5.74) is 5.98. The van der Waals surface area contributed by atoms with Crippen molar-refractivity contribution in [2.24, 2.45) is 0 Å². The maximum absolute atomic E-state index is 13.0. The molecule has 0 radical (unpaired) electrons. The van der Waals surface area contributed by atoms with Gasteiger partial charge in [-0.25, -0.2) is 0 Å². The number of aliphatic carboxylic acids is 1. The Kier molecular flexibility index (Phi) is 11.7. The van der Waals surface area contributed by atoms with Gasteiger partial charge in [-0.15, -0.1) is 0 Å². The Morgan fingerprint density at radius 2 is 1.14 bits per heavy atom. The van der Waals surface area contributed by atoms with Gasteiger partial charge in [0.15, 0.2) is 0 Å². The number of piperidine rings is 2. The van der Waals surface area contributed by atoms with Crippen molar-refractivity contribution in [1.82, 2.24) is 9.80 Å². The fourth-order valence-corrected chi connectivity index (χ4v) is 9.76. The lowest BCUT2D eigenvalue weighted by Gasteiger charge is -2.56. The molecule has 2 N–H and O–H groups in total. The number of aliphatic hydroxyl groups is 1. The van der Waals surface area contributed by atoms with E-state index < -0.39 is 24.6 Å². The number of carboxylic acids is 1. The molecule has 0 amide bonds. The standard InChI is InChI=1S/C42H72N2O5/c1-18-19-20-28-33(36(48)49-30(47)21-29(45)46)31(26-22-39(8,9)43(16)40(10,11)23-26)35(38(5,6)7)32(34(28)37(2,3)4)27-24-41(12,13)44(17)42(14,15)25-27/h26-27,36,48H,18-25H2,1-17H3,(H,45,46). The minimum Gasteiger partial charge on any atom is -0.481 e. The molecule has 0 spiro atoms. The van der Waals surface area contributed by atoms with E-state index in [1.165, 1.54) is 16.7 Å². The summed E-state index contributed by atoms with van der Waals surface area (Å²) >= 11 is 0. The second-order valence-electron chi connectivity index (χ2n) is 20.1. The number of nitrogens with zero attached hydrogens (tertiary/aromatic N) is 2. The third-order valence-corrected chi connectivity index (χ3v) is 12.2. The summed E-state index contributed by atoms with van der Waals surface area (Å²) in [5, 5.41) is 21.7. The average molecular weight is 685 g/mol. The van der Waals surface area contributed by atoms with Crippen LogP contribution in [0.5, 0.6) is 0 Å². The maximum Gasteiger partial charge on any atom is 0.319 e. The van der Waals surface area contributed by atoms with E-state index in [1.54, 1.807) is 0 Å². The van der Waals surface area contributed by atoms with Crippen molar-refractivity contribution in [2.75, 3.05) is 14.1 Å². The number of likely N-dealkylation sites (tertiary alicyclic amines) is 2. The van der Waals surface area contributed by atoms with Gasteiger partial charge >= 0.3 is 11.9 Å². The monoisotopic (exact) mass is 685 g/mol. The van der Waals surface area contributed by atoms with Crippen LogP contribution >= 0.6 is 0 Å². The number of ether oxygens (including phenoxy) is 1. The number of hydrogen-bond donors (Lipinski definition) is 2. The lowest BCUT2D eigenvalue weighted by molar-refractivity contribution is -0.172. The minimum absolute atomic E-state index is 0.0391.